The Hall–Kier alpha value is -0.950. The molecule has 0 radical (unpaired) electrons. The van der Waals surface area contributed by atoms with Crippen LogP contribution in [0.4, 0.5) is 0 Å². The molecule has 0 aliphatic carbocycles. The highest BCUT2D eigenvalue weighted by molar-refractivity contribution is 7.89. The maximum absolute atomic E-state index is 12.8. The maximum Gasteiger partial charge on any atom is 0.243 e. The van der Waals surface area contributed by atoms with E-state index in [0.29, 0.717) is 11.4 Å². The van der Waals surface area contributed by atoms with E-state index in [1.54, 1.807) is 16.4 Å². The molecule has 0 amide bonds. The molecule has 5 nitrogen and oxygen atoms in total. The van der Waals surface area contributed by atoms with Gasteiger partial charge in [0, 0.05) is 25.7 Å². The van der Waals surface area contributed by atoms with E-state index in [4.69, 9.17) is 0 Å². The smallest absolute Gasteiger partial charge is 0.243 e. The van der Waals surface area contributed by atoms with Gasteiger partial charge >= 0.3 is 0 Å². The molecule has 0 saturated carbocycles. The van der Waals surface area contributed by atoms with Crippen molar-refractivity contribution >= 4 is 10.0 Å². The third-order valence-electron chi connectivity index (χ3n) is 3.81. The molecule has 21 heavy (non-hydrogen) atoms. The summed E-state index contributed by atoms with van der Waals surface area (Å²) in [6.07, 6.45) is 1.88. The van der Waals surface area contributed by atoms with Crippen LogP contribution in [0.3, 0.4) is 0 Å². The van der Waals surface area contributed by atoms with Gasteiger partial charge in [-0.2, -0.15) is 4.31 Å². The third-order valence-corrected chi connectivity index (χ3v) is 5.78. The molecule has 1 N–H and O–H groups in total. The van der Waals surface area contributed by atoms with Crippen LogP contribution in [0.25, 0.3) is 0 Å². The van der Waals surface area contributed by atoms with Gasteiger partial charge in [-0.3, -0.25) is 0 Å². The van der Waals surface area contributed by atoms with Gasteiger partial charge in [0.2, 0.25) is 10.0 Å². The first-order valence-electron chi connectivity index (χ1n) is 7.35. The number of hydrogen-bond donors (Lipinski definition) is 1. The number of nitrogens with one attached hydrogen (secondary N) is 1. The standard InChI is InChI=1S/C15H25N3O2S/c1-16-11-13-6-8-15(9-7-13)21(19,20)18-10-4-5-14(18)12-17(2)3/h6-9,14,16H,4-5,10-12H2,1-3H3. The summed E-state index contributed by atoms with van der Waals surface area (Å²) >= 11 is 0. The van der Waals surface area contributed by atoms with Crippen LogP contribution in [0, 0.1) is 0 Å². The molecule has 0 spiro atoms. The highest BCUT2D eigenvalue weighted by Crippen LogP contribution is 2.26. The number of hydrogen-bond acceptors (Lipinski definition) is 4. The quantitative estimate of drug-likeness (QED) is 0.855. The van der Waals surface area contributed by atoms with Gasteiger partial charge in [0.15, 0.2) is 0 Å². The average molecular weight is 311 g/mol. The molecule has 0 bridgehead atoms. The van der Waals surface area contributed by atoms with Crippen molar-refractivity contribution in [2.75, 3.05) is 34.2 Å². The van der Waals surface area contributed by atoms with Crippen molar-refractivity contribution in [2.45, 2.75) is 30.3 Å². The second kappa shape index (κ2) is 6.87. The zero-order valence-electron chi connectivity index (χ0n) is 13.0. The molecule has 6 heteroatoms. The molecule has 1 fully saturated rings. The highest BCUT2D eigenvalue weighted by Gasteiger charge is 2.35. The summed E-state index contributed by atoms with van der Waals surface area (Å²) in [4.78, 5) is 2.45. The molecule has 118 valence electrons. The Morgan fingerprint density at radius 3 is 2.52 bits per heavy atom. The van der Waals surface area contributed by atoms with E-state index in [-0.39, 0.29) is 6.04 Å². The number of sulfonamides is 1. The van der Waals surface area contributed by atoms with Crippen LogP contribution in [0.5, 0.6) is 0 Å². The normalized spacial score (nSPS) is 20.3. The third kappa shape index (κ3) is 3.83. The Morgan fingerprint density at radius 2 is 1.95 bits per heavy atom. The fourth-order valence-electron chi connectivity index (χ4n) is 2.85. The summed E-state index contributed by atoms with van der Waals surface area (Å²) in [5, 5.41) is 3.06. The minimum atomic E-state index is -3.38. The lowest BCUT2D eigenvalue weighted by Gasteiger charge is -2.26. The van der Waals surface area contributed by atoms with Crippen molar-refractivity contribution in [3.05, 3.63) is 29.8 Å². The van der Waals surface area contributed by atoms with Gasteiger partial charge in [-0.05, 0) is 51.7 Å². The van der Waals surface area contributed by atoms with Crippen LogP contribution in [-0.4, -0.2) is 57.9 Å². The van der Waals surface area contributed by atoms with Gasteiger partial charge in [-0.25, -0.2) is 8.42 Å². The summed E-state index contributed by atoms with van der Waals surface area (Å²) in [5.41, 5.74) is 1.09. The second-order valence-corrected chi connectivity index (χ2v) is 7.74. The van der Waals surface area contributed by atoms with Crippen molar-refractivity contribution in [1.29, 1.82) is 0 Å². The number of benzene rings is 1. The zero-order valence-corrected chi connectivity index (χ0v) is 13.9. The summed E-state index contributed by atoms with van der Waals surface area (Å²) in [6.45, 7) is 2.14. The predicted octanol–water partition coefficient (Wildman–Crippen LogP) is 1.12. The van der Waals surface area contributed by atoms with Crippen LogP contribution in [0.2, 0.25) is 0 Å². The van der Waals surface area contributed by atoms with E-state index >= 15 is 0 Å². The van der Waals surface area contributed by atoms with Crippen molar-refractivity contribution < 1.29 is 8.42 Å². The Morgan fingerprint density at radius 1 is 1.29 bits per heavy atom. The predicted molar refractivity (Wildman–Crippen MR) is 84.7 cm³/mol. The van der Waals surface area contributed by atoms with Crippen LogP contribution >= 0.6 is 0 Å². The van der Waals surface area contributed by atoms with Crippen molar-refractivity contribution in [2.24, 2.45) is 0 Å². The fraction of sp³-hybridized carbons (Fsp3) is 0.600. The Balaban J connectivity index is 2.20. The van der Waals surface area contributed by atoms with Gasteiger partial charge in [0.25, 0.3) is 0 Å². The Labute approximate surface area is 128 Å². The lowest BCUT2D eigenvalue weighted by Crippen LogP contribution is -2.41. The lowest BCUT2D eigenvalue weighted by molar-refractivity contribution is 0.291. The lowest BCUT2D eigenvalue weighted by atomic mass is 10.2. The molecule has 1 aromatic rings. The van der Waals surface area contributed by atoms with Crippen molar-refractivity contribution in [3.8, 4) is 0 Å². The zero-order chi connectivity index (χ0) is 15.5. The molecule has 1 atom stereocenters. The molecular formula is C15H25N3O2S. The molecule has 1 unspecified atom stereocenters. The minimum Gasteiger partial charge on any atom is -0.316 e. The van der Waals surface area contributed by atoms with E-state index < -0.39 is 10.0 Å². The Bertz CT molecular complexity index is 555. The van der Waals surface area contributed by atoms with E-state index in [9.17, 15) is 8.42 Å². The SMILES string of the molecule is CNCc1ccc(S(=O)(=O)N2CCCC2CN(C)C)cc1. The van der Waals surface area contributed by atoms with Crippen molar-refractivity contribution in [1.82, 2.24) is 14.5 Å². The summed E-state index contributed by atoms with van der Waals surface area (Å²) in [6, 6.07) is 7.27. The first-order chi connectivity index (χ1) is 9.95. The maximum atomic E-state index is 12.8. The number of likely N-dealkylation sites (N-methyl/N-ethyl adjacent to an activating group) is 1. The molecular weight excluding hydrogens is 286 g/mol. The number of rotatable bonds is 6. The van der Waals surface area contributed by atoms with E-state index in [1.807, 2.05) is 33.3 Å². The highest BCUT2D eigenvalue weighted by atomic mass is 32.2. The fourth-order valence-corrected chi connectivity index (χ4v) is 4.53. The first kappa shape index (κ1) is 16.4. The van der Waals surface area contributed by atoms with E-state index in [2.05, 4.69) is 10.2 Å². The van der Waals surface area contributed by atoms with E-state index in [1.165, 1.54) is 0 Å². The first-order valence-corrected chi connectivity index (χ1v) is 8.79. The summed E-state index contributed by atoms with van der Waals surface area (Å²) < 4.78 is 27.2. The monoisotopic (exact) mass is 311 g/mol. The van der Waals surface area contributed by atoms with Crippen LogP contribution < -0.4 is 5.32 Å². The average Bonchev–Trinajstić information content (AvgIpc) is 2.88. The minimum absolute atomic E-state index is 0.0852. The van der Waals surface area contributed by atoms with Gasteiger partial charge in [-0.1, -0.05) is 12.1 Å². The summed E-state index contributed by atoms with van der Waals surface area (Å²) in [5.74, 6) is 0. The molecule has 1 aliphatic heterocycles. The van der Waals surface area contributed by atoms with Gasteiger partial charge in [-0.15, -0.1) is 0 Å². The Kier molecular flexibility index (Phi) is 5.37. The van der Waals surface area contributed by atoms with Gasteiger partial charge in [0.1, 0.15) is 0 Å². The van der Waals surface area contributed by atoms with Crippen molar-refractivity contribution in [3.63, 3.8) is 0 Å². The van der Waals surface area contributed by atoms with E-state index in [0.717, 1.165) is 31.5 Å². The number of nitrogens with zero attached hydrogens (tertiary/aromatic N) is 2. The van der Waals surface area contributed by atoms with Gasteiger partial charge < -0.3 is 10.2 Å². The largest absolute Gasteiger partial charge is 0.316 e. The van der Waals surface area contributed by atoms with Crippen LogP contribution in [0.15, 0.2) is 29.2 Å². The molecule has 0 aromatic heterocycles. The molecule has 1 aliphatic rings. The second-order valence-electron chi connectivity index (χ2n) is 5.85. The molecule has 1 saturated heterocycles. The van der Waals surface area contributed by atoms with Crippen LogP contribution in [0.1, 0.15) is 18.4 Å². The summed E-state index contributed by atoms with van der Waals surface area (Å²) in [7, 11) is 2.46. The van der Waals surface area contributed by atoms with Gasteiger partial charge in [0.05, 0.1) is 4.90 Å². The molecule has 2 rings (SSSR count). The van der Waals surface area contributed by atoms with Crippen LogP contribution in [-0.2, 0) is 16.6 Å². The molecule has 1 aromatic carbocycles. The topological polar surface area (TPSA) is 52.7 Å². The molecule has 1 heterocycles.